The third kappa shape index (κ3) is 6.88. The molecular formula is C26H34N2O5. The highest BCUT2D eigenvalue weighted by molar-refractivity contribution is 5.88. The van der Waals surface area contributed by atoms with Crippen LogP contribution in [0.25, 0.3) is 0 Å². The molecule has 7 heteroatoms. The van der Waals surface area contributed by atoms with Gasteiger partial charge in [-0.3, -0.25) is 9.59 Å². The van der Waals surface area contributed by atoms with E-state index < -0.39 is 6.04 Å². The number of ether oxygens (including phenoxy) is 3. The highest BCUT2D eigenvalue weighted by Crippen LogP contribution is 2.26. The summed E-state index contributed by atoms with van der Waals surface area (Å²) in [5.41, 5.74) is 0.902. The second-order valence-electron chi connectivity index (χ2n) is 8.33. The summed E-state index contributed by atoms with van der Waals surface area (Å²) in [5.74, 6) is 1.36. The fourth-order valence-corrected chi connectivity index (χ4v) is 4.04. The molecule has 1 unspecified atom stereocenters. The molecule has 2 amide bonds. The van der Waals surface area contributed by atoms with Crippen LogP contribution in [0.4, 0.5) is 0 Å². The zero-order valence-electron chi connectivity index (χ0n) is 19.7. The Labute approximate surface area is 196 Å². The number of carbonyl (C=O) groups excluding carboxylic acids is 2. The lowest BCUT2D eigenvalue weighted by Gasteiger charge is -2.31. The molecule has 1 fully saturated rings. The lowest BCUT2D eigenvalue weighted by Crippen LogP contribution is -2.51. The molecule has 2 aromatic rings. The van der Waals surface area contributed by atoms with Crippen molar-refractivity contribution in [1.82, 2.24) is 10.2 Å². The quantitative estimate of drug-likeness (QED) is 0.588. The minimum Gasteiger partial charge on any atom is -0.497 e. The zero-order chi connectivity index (χ0) is 23.6. The van der Waals surface area contributed by atoms with Crippen molar-refractivity contribution in [2.45, 2.75) is 57.7 Å². The van der Waals surface area contributed by atoms with Gasteiger partial charge in [-0.2, -0.15) is 0 Å². The lowest BCUT2D eigenvalue weighted by molar-refractivity contribution is -0.142. The van der Waals surface area contributed by atoms with Gasteiger partial charge in [0.1, 0.15) is 11.8 Å². The summed E-state index contributed by atoms with van der Waals surface area (Å²) in [7, 11) is 3.16. The van der Waals surface area contributed by atoms with Gasteiger partial charge in [0, 0.05) is 12.6 Å². The minimum atomic E-state index is -0.636. The Morgan fingerprint density at radius 1 is 0.970 bits per heavy atom. The van der Waals surface area contributed by atoms with Gasteiger partial charge in [-0.15, -0.1) is 0 Å². The van der Waals surface area contributed by atoms with E-state index in [9.17, 15) is 9.59 Å². The van der Waals surface area contributed by atoms with Crippen molar-refractivity contribution >= 4 is 11.8 Å². The molecule has 1 saturated carbocycles. The van der Waals surface area contributed by atoms with E-state index in [-0.39, 0.29) is 31.0 Å². The number of rotatable bonds is 10. The standard InChI is InChI=1S/C26H34N2O5/c1-19(26(30)27-21-9-5-4-6-10-21)28(17-20-13-15-22(31-2)16-14-20)25(29)18-33-24-12-8-7-11-23(24)32-3/h7-8,11-16,19,21H,4-6,9-10,17-18H2,1-3H3,(H,27,30). The van der Waals surface area contributed by atoms with E-state index >= 15 is 0 Å². The van der Waals surface area contributed by atoms with E-state index in [0.29, 0.717) is 11.5 Å². The van der Waals surface area contributed by atoms with Crippen LogP contribution in [0.5, 0.6) is 17.2 Å². The van der Waals surface area contributed by atoms with E-state index in [4.69, 9.17) is 14.2 Å². The Kier molecular flexibility index (Phi) is 8.98. The number of amides is 2. The number of hydrogen-bond donors (Lipinski definition) is 1. The van der Waals surface area contributed by atoms with Crippen molar-refractivity contribution in [2.75, 3.05) is 20.8 Å². The van der Waals surface area contributed by atoms with Crippen molar-refractivity contribution in [3.05, 3.63) is 54.1 Å². The molecule has 0 heterocycles. The van der Waals surface area contributed by atoms with Gasteiger partial charge in [-0.05, 0) is 49.6 Å². The Morgan fingerprint density at radius 3 is 2.27 bits per heavy atom. The molecule has 0 spiro atoms. The third-order valence-electron chi connectivity index (χ3n) is 6.05. The van der Waals surface area contributed by atoms with Gasteiger partial charge in [0.15, 0.2) is 18.1 Å². The average Bonchev–Trinajstić information content (AvgIpc) is 2.86. The molecule has 178 valence electrons. The maximum Gasteiger partial charge on any atom is 0.261 e. The summed E-state index contributed by atoms with van der Waals surface area (Å²) in [4.78, 5) is 27.8. The van der Waals surface area contributed by atoms with Gasteiger partial charge in [0.2, 0.25) is 5.91 Å². The number of nitrogens with zero attached hydrogens (tertiary/aromatic N) is 1. The Balaban J connectivity index is 1.72. The second kappa shape index (κ2) is 12.1. The molecular weight excluding hydrogens is 420 g/mol. The van der Waals surface area contributed by atoms with Crippen LogP contribution < -0.4 is 19.5 Å². The first-order valence-corrected chi connectivity index (χ1v) is 11.5. The van der Waals surface area contributed by atoms with Crippen LogP contribution in [0.3, 0.4) is 0 Å². The topological polar surface area (TPSA) is 77.1 Å². The summed E-state index contributed by atoms with van der Waals surface area (Å²) < 4.78 is 16.3. The van der Waals surface area contributed by atoms with E-state index in [2.05, 4.69) is 5.32 Å². The van der Waals surface area contributed by atoms with Gasteiger partial charge < -0.3 is 24.4 Å². The molecule has 7 nitrogen and oxygen atoms in total. The Hall–Kier alpha value is -3.22. The van der Waals surface area contributed by atoms with E-state index in [1.165, 1.54) is 6.42 Å². The highest BCUT2D eigenvalue weighted by Gasteiger charge is 2.28. The van der Waals surface area contributed by atoms with Crippen LogP contribution in [0.15, 0.2) is 48.5 Å². The van der Waals surface area contributed by atoms with Crippen molar-refractivity contribution in [1.29, 1.82) is 0 Å². The van der Waals surface area contributed by atoms with Crippen molar-refractivity contribution in [3.8, 4) is 17.2 Å². The lowest BCUT2D eigenvalue weighted by atomic mass is 9.95. The average molecular weight is 455 g/mol. The molecule has 1 aliphatic rings. The molecule has 1 N–H and O–H groups in total. The van der Waals surface area contributed by atoms with Gasteiger partial charge in [-0.25, -0.2) is 0 Å². The molecule has 3 rings (SSSR count). The number of nitrogens with one attached hydrogen (secondary N) is 1. The molecule has 0 radical (unpaired) electrons. The predicted molar refractivity (Wildman–Crippen MR) is 127 cm³/mol. The summed E-state index contributed by atoms with van der Waals surface area (Å²) in [6.07, 6.45) is 5.44. The first-order valence-electron chi connectivity index (χ1n) is 11.5. The summed E-state index contributed by atoms with van der Waals surface area (Å²) in [5, 5.41) is 3.14. The monoisotopic (exact) mass is 454 g/mol. The second-order valence-corrected chi connectivity index (χ2v) is 8.33. The number of para-hydroxylation sites is 2. The molecule has 33 heavy (non-hydrogen) atoms. The van der Waals surface area contributed by atoms with Crippen molar-refractivity contribution in [2.24, 2.45) is 0 Å². The third-order valence-corrected chi connectivity index (χ3v) is 6.05. The van der Waals surface area contributed by atoms with Crippen LogP contribution in [0.2, 0.25) is 0 Å². The summed E-state index contributed by atoms with van der Waals surface area (Å²) in [6.45, 7) is 1.86. The fourth-order valence-electron chi connectivity index (χ4n) is 4.04. The van der Waals surface area contributed by atoms with Crippen LogP contribution in [-0.2, 0) is 16.1 Å². The SMILES string of the molecule is COc1ccc(CN(C(=O)COc2ccccc2OC)C(C)C(=O)NC2CCCCC2)cc1. The molecule has 0 bridgehead atoms. The normalized spacial score (nSPS) is 14.8. The van der Waals surface area contributed by atoms with Gasteiger partial charge in [0.05, 0.1) is 14.2 Å². The van der Waals surface area contributed by atoms with Crippen molar-refractivity contribution in [3.63, 3.8) is 0 Å². The van der Waals surface area contributed by atoms with Crippen LogP contribution in [0, 0.1) is 0 Å². The molecule has 0 aliphatic heterocycles. The maximum absolute atomic E-state index is 13.2. The largest absolute Gasteiger partial charge is 0.497 e. The summed E-state index contributed by atoms with van der Waals surface area (Å²) in [6, 6.07) is 14.2. The number of carbonyl (C=O) groups is 2. The smallest absolute Gasteiger partial charge is 0.261 e. The number of benzene rings is 2. The van der Waals surface area contributed by atoms with Crippen LogP contribution in [-0.4, -0.2) is 49.6 Å². The van der Waals surface area contributed by atoms with E-state index in [1.54, 1.807) is 38.2 Å². The molecule has 2 aromatic carbocycles. The van der Waals surface area contributed by atoms with Gasteiger partial charge >= 0.3 is 0 Å². The Morgan fingerprint density at radius 2 is 1.64 bits per heavy atom. The Bertz CT molecular complexity index is 909. The first kappa shape index (κ1) is 24.4. The highest BCUT2D eigenvalue weighted by atomic mass is 16.5. The predicted octanol–water partition coefficient (Wildman–Crippen LogP) is 3.95. The van der Waals surface area contributed by atoms with E-state index in [1.807, 2.05) is 36.4 Å². The number of methoxy groups -OCH3 is 2. The molecule has 0 saturated heterocycles. The molecule has 1 aliphatic carbocycles. The van der Waals surface area contributed by atoms with E-state index in [0.717, 1.165) is 37.0 Å². The number of hydrogen-bond acceptors (Lipinski definition) is 5. The van der Waals surface area contributed by atoms with Gasteiger partial charge in [-0.1, -0.05) is 43.5 Å². The maximum atomic E-state index is 13.2. The minimum absolute atomic E-state index is 0.138. The molecule has 1 atom stereocenters. The zero-order valence-corrected chi connectivity index (χ0v) is 19.7. The fraction of sp³-hybridized carbons (Fsp3) is 0.462. The summed E-state index contributed by atoms with van der Waals surface area (Å²) >= 11 is 0. The first-order chi connectivity index (χ1) is 16.0. The van der Waals surface area contributed by atoms with Crippen LogP contribution >= 0.6 is 0 Å². The van der Waals surface area contributed by atoms with Crippen LogP contribution in [0.1, 0.15) is 44.6 Å². The van der Waals surface area contributed by atoms with Gasteiger partial charge in [0.25, 0.3) is 5.91 Å². The van der Waals surface area contributed by atoms with Crippen molar-refractivity contribution < 1.29 is 23.8 Å². The molecule has 0 aromatic heterocycles.